The van der Waals surface area contributed by atoms with Gasteiger partial charge in [-0.05, 0) is 30.2 Å². The number of dihydropyridines is 1. The molecule has 1 aliphatic heterocycles. The fourth-order valence-electron chi connectivity index (χ4n) is 3.84. The number of rotatable bonds is 5. The quantitative estimate of drug-likeness (QED) is 0.790. The van der Waals surface area contributed by atoms with E-state index in [1.165, 1.54) is 29.3 Å². The maximum absolute atomic E-state index is 13.4. The zero-order valence-electron chi connectivity index (χ0n) is 16.4. The summed E-state index contributed by atoms with van der Waals surface area (Å²) < 4.78 is 39.9. The summed E-state index contributed by atoms with van der Waals surface area (Å²) in [6, 6.07) is 14.0. The molecule has 1 fully saturated rings. The van der Waals surface area contributed by atoms with Crippen LogP contribution in [0.1, 0.15) is 23.5 Å². The molecule has 2 N–H and O–H groups in total. The molecule has 0 saturated heterocycles. The molecule has 0 spiro atoms. The van der Waals surface area contributed by atoms with E-state index in [2.05, 4.69) is 4.99 Å². The number of alkyl halides is 3. The van der Waals surface area contributed by atoms with Crippen molar-refractivity contribution in [2.24, 2.45) is 16.6 Å². The first-order valence-electron chi connectivity index (χ1n) is 9.81. The van der Waals surface area contributed by atoms with Crippen molar-refractivity contribution in [2.45, 2.75) is 24.6 Å². The highest BCUT2D eigenvalue weighted by Gasteiger charge is 2.46. The van der Waals surface area contributed by atoms with Crippen LogP contribution in [0.2, 0.25) is 0 Å². The average molecular weight is 427 g/mol. The standard InChI is InChI=1S/C23H20F3N3O2/c24-23(25,26)17-7-4-8-18(10-17)29(20-11-19(20)14-5-2-1-3-6-14)22(31)16-9-15(21(27)30)12-28-13-16/h1-10,12,15,19-20H,11,13H2,(H2,27,30)/t15?,19-,20?/m1/s1. The minimum Gasteiger partial charge on any atom is -0.369 e. The molecule has 1 heterocycles. The van der Waals surface area contributed by atoms with Crippen LogP contribution >= 0.6 is 0 Å². The van der Waals surface area contributed by atoms with E-state index in [-0.39, 0.29) is 29.8 Å². The molecule has 2 aromatic carbocycles. The van der Waals surface area contributed by atoms with Crippen LogP contribution in [-0.4, -0.2) is 30.6 Å². The molecule has 2 aliphatic rings. The molecule has 1 saturated carbocycles. The number of hydrogen-bond acceptors (Lipinski definition) is 3. The molecule has 2 aromatic rings. The summed E-state index contributed by atoms with van der Waals surface area (Å²) in [6.07, 6.45) is -1.09. The van der Waals surface area contributed by atoms with Gasteiger partial charge in [0.25, 0.3) is 5.91 Å². The van der Waals surface area contributed by atoms with Crippen molar-refractivity contribution >= 4 is 23.7 Å². The molecule has 31 heavy (non-hydrogen) atoms. The van der Waals surface area contributed by atoms with Crippen LogP contribution in [0.15, 0.2) is 71.2 Å². The average Bonchev–Trinajstić information content (AvgIpc) is 3.54. The lowest BCUT2D eigenvalue weighted by Gasteiger charge is -2.26. The Morgan fingerprint density at radius 3 is 2.48 bits per heavy atom. The molecule has 0 bridgehead atoms. The minimum atomic E-state index is -4.53. The van der Waals surface area contributed by atoms with Gasteiger partial charge >= 0.3 is 6.18 Å². The Morgan fingerprint density at radius 2 is 1.81 bits per heavy atom. The fourth-order valence-corrected chi connectivity index (χ4v) is 3.84. The highest BCUT2D eigenvalue weighted by atomic mass is 19.4. The van der Waals surface area contributed by atoms with Crippen molar-refractivity contribution in [1.82, 2.24) is 0 Å². The van der Waals surface area contributed by atoms with E-state index < -0.39 is 29.5 Å². The number of benzene rings is 2. The van der Waals surface area contributed by atoms with E-state index in [0.717, 1.165) is 17.7 Å². The van der Waals surface area contributed by atoms with E-state index in [1.54, 1.807) is 0 Å². The lowest BCUT2D eigenvalue weighted by atomic mass is 10.0. The molecule has 1 aliphatic carbocycles. The van der Waals surface area contributed by atoms with Crippen LogP contribution in [0.4, 0.5) is 18.9 Å². The van der Waals surface area contributed by atoms with Gasteiger partial charge in [0.2, 0.25) is 5.91 Å². The van der Waals surface area contributed by atoms with Crippen molar-refractivity contribution in [3.8, 4) is 0 Å². The normalized spacial score (nSPS) is 22.5. The van der Waals surface area contributed by atoms with Gasteiger partial charge in [-0.2, -0.15) is 13.2 Å². The van der Waals surface area contributed by atoms with Crippen LogP contribution < -0.4 is 10.6 Å². The number of anilines is 1. The smallest absolute Gasteiger partial charge is 0.369 e. The molecule has 0 radical (unpaired) electrons. The van der Waals surface area contributed by atoms with Crippen molar-refractivity contribution in [3.63, 3.8) is 0 Å². The molecule has 8 heteroatoms. The summed E-state index contributed by atoms with van der Waals surface area (Å²) in [7, 11) is 0. The Morgan fingerprint density at radius 1 is 1.06 bits per heavy atom. The number of carbonyl (C=O) groups is 2. The van der Waals surface area contributed by atoms with Crippen molar-refractivity contribution in [2.75, 3.05) is 11.4 Å². The predicted octanol–water partition coefficient (Wildman–Crippen LogP) is 3.71. The van der Waals surface area contributed by atoms with Gasteiger partial charge in [-0.3, -0.25) is 14.6 Å². The van der Waals surface area contributed by atoms with E-state index in [4.69, 9.17) is 5.73 Å². The molecule has 160 valence electrons. The summed E-state index contributed by atoms with van der Waals surface area (Å²) in [5.74, 6) is -1.92. The zero-order valence-corrected chi connectivity index (χ0v) is 16.4. The monoisotopic (exact) mass is 427 g/mol. The number of aliphatic imine (C=N–C) groups is 1. The SMILES string of the molecule is NC(=O)C1C=NCC(C(=O)N(c2cccc(C(F)(F)F)c2)C2C[C@@H]2c2ccccc2)=C1. The largest absolute Gasteiger partial charge is 0.416 e. The third-order valence-corrected chi connectivity index (χ3v) is 5.50. The molecule has 5 nitrogen and oxygen atoms in total. The molecular formula is C23H20F3N3O2. The predicted molar refractivity (Wildman–Crippen MR) is 111 cm³/mol. The van der Waals surface area contributed by atoms with E-state index in [1.807, 2.05) is 30.3 Å². The second-order valence-electron chi connectivity index (χ2n) is 7.65. The van der Waals surface area contributed by atoms with E-state index in [9.17, 15) is 22.8 Å². The van der Waals surface area contributed by atoms with Gasteiger partial charge in [0.05, 0.1) is 18.0 Å². The third kappa shape index (κ3) is 4.38. The Balaban J connectivity index is 1.71. The van der Waals surface area contributed by atoms with Gasteiger partial charge in [0, 0.05) is 29.4 Å². The first-order chi connectivity index (χ1) is 14.8. The summed E-state index contributed by atoms with van der Waals surface area (Å²) in [4.78, 5) is 30.4. The number of amides is 2. The topological polar surface area (TPSA) is 75.8 Å². The van der Waals surface area contributed by atoms with Gasteiger partial charge in [0.15, 0.2) is 0 Å². The molecule has 4 rings (SSSR count). The number of primary amides is 1. The first kappa shape index (κ1) is 20.8. The van der Waals surface area contributed by atoms with Crippen LogP contribution in [0.25, 0.3) is 0 Å². The van der Waals surface area contributed by atoms with Gasteiger partial charge in [-0.25, -0.2) is 0 Å². The summed E-state index contributed by atoms with van der Waals surface area (Å²) >= 11 is 0. The summed E-state index contributed by atoms with van der Waals surface area (Å²) in [5.41, 5.74) is 5.92. The van der Waals surface area contributed by atoms with Gasteiger partial charge < -0.3 is 10.6 Å². The van der Waals surface area contributed by atoms with Gasteiger partial charge in [0.1, 0.15) is 0 Å². The number of hydrogen-bond donors (Lipinski definition) is 1. The highest BCUT2D eigenvalue weighted by Crippen LogP contribution is 2.47. The molecule has 0 aromatic heterocycles. The van der Waals surface area contributed by atoms with Crippen LogP contribution in [0, 0.1) is 5.92 Å². The van der Waals surface area contributed by atoms with E-state index in [0.29, 0.717) is 6.42 Å². The molecular weight excluding hydrogens is 407 g/mol. The van der Waals surface area contributed by atoms with Crippen molar-refractivity contribution < 1.29 is 22.8 Å². The summed E-state index contributed by atoms with van der Waals surface area (Å²) in [6.45, 7) is 0.0425. The minimum absolute atomic E-state index is 0.0133. The van der Waals surface area contributed by atoms with Crippen molar-refractivity contribution in [1.29, 1.82) is 0 Å². The highest BCUT2D eigenvalue weighted by molar-refractivity contribution is 6.09. The third-order valence-electron chi connectivity index (χ3n) is 5.50. The lowest BCUT2D eigenvalue weighted by molar-refractivity contribution is -0.137. The number of nitrogens with two attached hydrogens (primary N) is 1. The first-order valence-corrected chi connectivity index (χ1v) is 9.81. The Hall–Kier alpha value is -3.42. The Bertz CT molecular complexity index is 1060. The molecule has 3 atom stereocenters. The van der Waals surface area contributed by atoms with Crippen molar-refractivity contribution in [3.05, 3.63) is 77.4 Å². The maximum atomic E-state index is 13.4. The lowest BCUT2D eigenvalue weighted by Crippen LogP contribution is -2.37. The fraction of sp³-hybridized carbons (Fsp3) is 0.261. The van der Waals surface area contributed by atoms with Crippen LogP contribution in [0.3, 0.4) is 0 Å². The summed E-state index contributed by atoms with van der Waals surface area (Å²) in [5, 5.41) is 0. The number of halogens is 3. The van der Waals surface area contributed by atoms with Gasteiger partial charge in [-0.15, -0.1) is 0 Å². The van der Waals surface area contributed by atoms with E-state index >= 15 is 0 Å². The van der Waals surface area contributed by atoms with Crippen LogP contribution in [0.5, 0.6) is 0 Å². The maximum Gasteiger partial charge on any atom is 0.416 e. The second-order valence-corrected chi connectivity index (χ2v) is 7.65. The van der Waals surface area contributed by atoms with Crippen LogP contribution in [-0.2, 0) is 15.8 Å². The number of nitrogens with zero attached hydrogens (tertiary/aromatic N) is 2. The Labute approximate surface area is 177 Å². The van der Waals surface area contributed by atoms with Gasteiger partial charge in [-0.1, -0.05) is 42.5 Å². The zero-order chi connectivity index (χ0) is 22.2. The Kier molecular flexibility index (Phi) is 5.39. The number of carbonyl (C=O) groups excluding carboxylic acids is 2. The molecule has 2 unspecified atom stereocenters. The second kappa shape index (κ2) is 8.02. The molecule has 2 amide bonds.